The summed E-state index contributed by atoms with van der Waals surface area (Å²) >= 11 is 0. The van der Waals surface area contributed by atoms with Gasteiger partial charge in [-0.3, -0.25) is 0 Å². The van der Waals surface area contributed by atoms with Crippen molar-refractivity contribution in [3.05, 3.63) is 42.6 Å². The van der Waals surface area contributed by atoms with Gasteiger partial charge in [-0.2, -0.15) is 0 Å². The largest absolute Gasteiger partial charge is 0.362 e. The van der Waals surface area contributed by atoms with Gasteiger partial charge in [-0.15, -0.1) is 0 Å². The molecule has 2 nitrogen and oxygen atoms in total. The van der Waals surface area contributed by atoms with Crippen molar-refractivity contribution in [1.82, 2.24) is 0 Å². The fourth-order valence-electron chi connectivity index (χ4n) is 0.758. The Balaban J connectivity index is 2.45. The molecule has 1 rings (SSSR count). The standard InChI is InChI=1S/C9H12N2/c10-7-4-8-11-9-5-2-1-3-6-9/h1-6,8,11H,7,10H2. The number of nitrogens with two attached hydrogens (primary N) is 1. The monoisotopic (exact) mass is 148 g/mol. The van der Waals surface area contributed by atoms with Gasteiger partial charge in [0.2, 0.25) is 0 Å². The first kappa shape index (κ1) is 7.82. The lowest BCUT2D eigenvalue weighted by molar-refractivity contribution is 1.25. The summed E-state index contributed by atoms with van der Waals surface area (Å²) < 4.78 is 0. The molecule has 0 unspecified atom stereocenters. The van der Waals surface area contributed by atoms with E-state index < -0.39 is 0 Å². The molecular weight excluding hydrogens is 136 g/mol. The average Bonchev–Trinajstić information content (AvgIpc) is 2.07. The third-order valence-corrected chi connectivity index (χ3v) is 1.28. The van der Waals surface area contributed by atoms with Crippen LogP contribution in [0.4, 0.5) is 5.69 Å². The van der Waals surface area contributed by atoms with E-state index in [0.717, 1.165) is 5.69 Å². The van der Waals surface area contributed by atoms with Crippen LogP contribution in [0.1, 0.15) is 0 Å². The first-order valence-corrected chi connectivity index (χ1v) is 3.60. The number of hydrogen-bond acceptors (Lipinski definition) is 2. The Bertz CT molecular complexity index is 216. The summed E-state index contributed by atoms with van der Waals surface area (Å²) in [5.41, 5.74) is 6.35. The van der Waals surface area contributed by atoms with Crippen molar-refractivity contribution in [2.45, 2.75) is 0 Å². The third-order valence-electron chi connectivity index (χ3n) is 1.28. The predicted octanol–water partition coefficient (Wildman–Crippen LogP) is 1.57. The van der Waals surface area contributed by atoms with Crippen molar-refractivity contribution in [2.75, 3.05) is 11.9 Å². The molecule has 0 atom stereocenters. The van der Waals surface area contributed by atoms with Gasteiger partial charge < -0.3 is 11.1 Å². The average molecular weight is 148 g/mol. The SMILES string of the molecule is NCC=CNc1ccccc1. The fourth-order valence-corrected chi connectivity index (χ4v) is 0.758. The molecule has 0 aromatic heterocycles. The first-order chi connectivity index (χ1) is 5.43. The van der Waals surface area contributed by atoms with Crippen molar-refractivity contribution in [1.29, 1.82) is 0 Å². The Morgan fingerprint density at radius 3 is 2.64 bits per heavy atom. The molecule has 0 heterocycles. The molecule has 0 amide bonds. The first-order valence-electron chi connectivity index (χ1n) is 3.60. The number of para-hydroxylation sites is 1. The van der Waals surface area contributed by atoms with Crippen LogP contribution < -0.4 is 11.1 Å². The minimum atomic E-state index is 0.569. The molecule has 0 spiro atoms. The normalized spacial score (nSPS) is 10.3. The molecule has 0 aliphatic carbocycles. The molecule has 0 saturated carbocycles. The van der Waals surface area contributed by atoms with Crippen LogP contribution in [0, 0.1) is 0 Å². The van der Waals surface area contributed by atoms with Gasteiger partial charge in [-0.25, -0.2) is 0 Å². The molecule has 1 aromatic carbocycles. The Hall–Kier alpha value is -1.28. The second-order valence-corrected chi connectivity index (χ2v) is 2.15. The summed E-state index contributed by atoms with van der Waals surface area (Å²) in [6.07, 6.45) is 3.71. The highest BCUT2D eigenvalue weighted by Crippen LogP contribution is 2.03. The number of benzene rings is 1. The molecule has 58 valence electrons. The van der Waals surface area contributed by atoms with E-state index in [1.54, 1.807) is 0 Å². The van der Waals surface area contributed by atoms with E-state index >= 15 is 0 Å². The van der Waals surface area contributed by atoms with Crippen LogP contribution in [0.5, 0.6) is 0 Å². The topological polar surface area (TPSA) is 38.0 Å². The maximum atomic E-state index is 5.27. The highest BCUT2D eigenvalue weighted by Gasteiger charge is 1.81. The van der Waals surface area contributed by atoms with E-state index in [0.29, 0.717) is 6.54 Å². The van der Waals surface area contributed by atoms with Crippen LogP contribution in [0.25, 0.3) is 0 Å². The molecule has 1 aromatic rings. The number of nitrogens with one attached hydrogen (secondary N) is 1. The zero-order chi connectivity index (χ0) is 7.94. The highest BCUT2D eigenvalue weighted by atomic mass is 14.8. The van der Waals surface area contributed by atoms with Crippen molar-refractivity contribution in [3.63, 3.8) is 0 Å². The smallest absolute Gasteiger partial charge is 0.0379 e. The van der Waals surface area contributed by atoms with Crippen molar-refractivity contribution < 1.29 is 0 Å². The van der Waals surface area contributed by atoms with Crippen LogP contribution in [0.2, 0.25) is 0 Å². The molecule has 0 radical (unpaired) electrons. The van der Waals surface area contributed by atoms with E-state index in [2.05, 4.69) is 5.32 Å². The van der Waals surface area contributed by atoms with Crippen LogP contribution in [0.3, 0.4) is 0 Å². The molecule has 0 saturated heterocycles. The molecule has 0 aliphatic heterocycles. The molecule has 11 heavy (non-hydrogen) atoms. The fraction of sp³-hybridized carbons (Fsp3) is 0.111. The molecular formula is C9H12N2. The molecule has 0 aliphatic rings. The summed E-state index contributed by atoms with van der Waals surface area (Å²) in [5.74, 6) is 0. The Morgan fingerprint density at radius 1 is 1.27 bits per heavy atom. The predicted molar refractivity (Wildman–Crippen MR) is 48.3 cm³/mol. The van der Waals surface area contributed by atoms with Crippen LogP contribution in [-0.4, -0.2) is 6.54 Å². The van der Waals surface area contributed by atoms with E-state index in [9.17, 15) is 0 Å². The number of anilines is 1. The van der Waals surface area contributed by atoms with Gasteiger partial charge in [0, 0.05) is 12.2 Å². The second-order valence-electron chi connectivity index (χ2n) is 2.15. The van der Waals surface area contributed by atoms with Crippen LogP contribution >= 0.6 is 0 Å². The highest BCUT2D eigenvalue weighted by molar-refractivity contribution is 5.44. The summed E-state index contributed by atoms with van der Waals surface area (Å²) in [5, 5.41) is 3.08. The lowest BCUT2D eigenvalue weighted by Crippen LogP contribution is -1.94. The minimum Gasteiger partial charge on any atom is -0.362 e. The minimum absolute atomic E-state index is 0.569. The number of hydrogen-bond donors (Lipinski definition) is 2. The van der Waals surface area contributed by atoms with Crippen molar-refractivity contribution in [2.24, 2.45) is 5.73 Å². The van der Waals surface area contributed by atoms with E-state index in [1.165, 1.54) is 0 Å². The Morgan fingerprint density at radius 2 is 2.00 bits per heavy atom. The van der Waals surface area contributed by atoms with E-state index in [4.69, 9.17) is 5.73 Å². The van der Waals surface area contributed by atoms with Gasteiger partial charge >= 0.3 is 0 Å². The van der Waals surface area contributed by atoms with Gasteiger partial charge in [0.15, 0.2) is 0 Å². The molecule has 0 bridgehead atoms. The maximum absolute atomic E-state index is 5.27. The lowest BCUT2D eigenvalue weighted by atomic mass is 10.3. The van der Waals surface area contributed by atoms with Gasteiger partial charge in [-0.05, 0) is 18.3 Å². The van der Waals surface area contributed by atoms with E-state index in [-0.39, 0.29) is 0 Å². The van der Waals surface area contributed by atoms with Crippen LogP contribution in [0.15, 0.2) is 42.6 Å². The zero-order valence-electron chi connectivity index (χ0n) is 6.33. The Kier molecular flexibility index (Phi) is 3.22. The lowest BCUT2D eigenvalue weighted by Gasteiger charge is -1.97. The molecule has 2 heteroatoms. The van der Waals surface area contributed by atoms with Gasteiger partial charge in [-0.1, -0.05) is 24.3 Å². The maximum Gasteiger partial charge on any atom is 0.0379 e. The summed E-state index contributed by atoms with van der Waals surface area (Å²) in [6.45, 7) is 0.569. The van der Waals surface area contributed by atoms with Crippen molar-refractivity contribution >= 4 is 5.69 Å². The quantitative estimate of drug-likeness (QED) is 0.682. The van der Waals surface area contributed by atoms with Gasteiger partial charge in [0.05, 0.1) is 0 Å². The van der Waals surface area contributed by atoms with Crippen LogP contribution in [-0.2, 0) is 0 Å². The van der Waals surface area contributed by atoms with Crippen molar-refractivity contribution in [3.8, 4) is 0 Å². The van der Waals surface area contributed by atoms with Gasteiger partial charge in [0.25, 0.3) is 0 Å². The molecule has 3 N–H and O–H groups in total. The van der Waals surface area contributed by atoms with Gasteiger partial charge in [0.1, 0.15) is 0 Å². The molecule has 0 fully saturated rings. The zero-order valence-corrected chi connectivity index (χ0v) is 6.33. The Labute approximate surface area is 66.7 Å². The summed E-state index contributed by atoms with van der Waals surface area (Å²) in [7, 11) is 0. The summed E-state index contributed by atoms with van der Waals surface area (Å²) in [6, 6.07) is 9.96. The second kappa shape index (κ2) is 4.52. The van der Waals surface area contributed by atoms with E-state index in [1.807, 2.05) is 42.6 Å². The number of rotatable bonds is 3. The summed E-state index contributed by atoms with van der Waals surface area (Å²) in [4.78, 5) is 0. The third kappa shape index (κ3) is 2.87.